The number of aromatic nitrogens is 4. The Morgan fingerprint density at radius 2 is 1.68 bits per heavy atom. The lowest BCUT2D eigenvalue weighted by Gasteiger charge is -2.35. The number of hydrogen-bond donors (Lipinski definition) is 2. The van der Waals surface area contributed by atoms with Crippen molar-refractivity contribution in [1.29, 1.82) is 0 Å². The Balaban J connectivity index is 1.21. The molecule has 4 aromatic rings. The molecule has 1 fully saturated rings. The van der Waals surface area contributed by atoms with Gasteiger partial charge in [0.2, 0.25) is 5.95 Å². The van der Waals surface area contributed by atoms with Gasteiger partial charge in [0.1, 0.15) is 5.82 Å². The molecular formula is C25H28FN7O. The molecule has 176 valence electrons. The summed E-state index contributed by atoms with van der Waals surface area (Å²) >= 11 is 0. The van der Waals surface area contributed by atoms with E-state index in [-0.39, 0.29) is 11.4 Å². The van der Waals surface area contributed by atoms with Crippen molar-refractivity contribution >= 4 is 17.4 Å². The summed E-state index contributed by atoms with van der Waals surface area (Å²) in [6, 6.07) is 16.6. The van der Waals surface area contributed by atoms with E-state index >= 15 is 0 Å². The van der Waals surface area contributed by atoms with Crippen LogP contribution in [0, 0.1) is 5.82 Å². The summed E-state index contributed by atoms with van der Waals surface area (Å²) < 4.78 is 14.5. The summed E-state index contributed by atoms with van der Waals surface area (Å²) in [4.78, 5) is 26.2. The van der Waals surface area contributed by atoms with Crippen LogP contribution in [0.2, 0.25) is 0 Å². The first-order valence-electron chi connectivity index (χ1n) is 11.6. The summed E-state index contributed by atoms with van der Waals surface area (Å²) in [6.45, 7) is 6.66. The third kappa shape index (κ3) is 4.94. The predicted molar refractivity (Wildman–Crippen MR) is 131 cm³/mol. The van der Waals surface area contributed by atoms with E-state index in [0.717, 1.165) is 43.9 Å². The number of halogens is 1. The zero-order valence-corrected chi connectivity index (χ0v) is 19.2. The monoisotopic (exact) mass is 461 g/mol. The minimum atomic E-state index is -0.225. The highest BCUT2D eigenvalue weighted by molar-refractivity contribution is 5.46. The van der Waals surface area contributed by atoms with Gasteiger partial charge in [0.25, 0.3) is 11.3 Å². The van der Waals surface area contributed by atoms with Crippen molar-refractivity contribution in [2.24, 2.45) is 0 Å². The zero-order chi connectivity index (χ0) is 23.5. The quantitative estimate of drug-likeness (QED) is 0.440. The number of nitrogens with one attached hydrogen (secondary N) is 2. The van der Waals surface area contributed by atoms with Gasteiger partial charge in [0, 0.05) is 51.0 Å². The fourth-order valence-electron chi connectivity index (χ4n) is 4.21. The minimum Gasteiger partial charge on any atom is -0.369 e. The molecule has 3 heterocycles. The molecule has 0 spiro atoms. The topological polar surface area (TPSA) is 81.6 Å². The van der Waals surface area contributed by atoms with Crippen LogP contribution in [0.1, 0.15) is 23.7 Å². The average Bonchev–Trinajstić information content (AvgIpc) is 3.28. The molecule has 0 saturated carbocycles. The molecule has 5 rings (SSSR count). The first-order valence-corrected chi connectivity index (χ1v) is 11.6. The highest BCUT2D eigenvalue weighted by atomic mass is 19.1. The van der Waals surface area contributed by atoms with Crippen molar-refractivity contribution in [2.45, 2.75) is 26.4 Å². The number of anilines is 2. The smallest absolute Gasteiger partial charge is 0.274 e. The van der Waals surface area contributed by atoms with Crippen molar-refractivity contribution in [1.82, 2.24) is 24.5 Å². The number of aromatic amines is 1. The van der Waals surface area contributed by atoms with Gasteiger partial charge in [-0.1, -0.05) is 31.2 Å². The number of nitrogens with zero attached hydrogens (tertiary/aromatic N) is 5. The Labute approximate surface area is 197 Å². The van der Waals surface area contributed by atoms with Crippen LogP contribution < -0.4 is 15.8 Å². The maximum Gasteiger partial charge on any atom is 0.274 e. The molecule has 34 heavy (non-hydrogen) atoms. The number of aryl methyl sites for hydroxylation is 1. The Kier molecular flexibility index (Phi) is 6.27. The number of piperazine rings is 1. The zero-order valence-electron chi connectivity index (χ0n) is 19.2. The van der Waals surface area contributed by atoms with Crippen LogP contribution in [-0.2, 0) is 19.5 Å². The van der Waals surface area contributed by atoms with Crippen LogP contribution in [0.25, 0.3) is 5.78 Å². The first kappa shape index (κ1) is 22.1. The van der Waals surface area contributed by atoms with Crippen molar-refractivity contribution < 1.29 is 4.39 Å². The summed E-state index contributed by atoms with van der Waals surface area (Å²) in [5, 5.41) is 6.22. The van der Waals surface area contributed by atoms with E-state index in [0.29, 0.717) is 30.5 Å². The van der Waals surface area contributed by atoms with Crippen molar-refractivity contribution in [3.8, 4) is 0 Å². The number of hydrogen-bond acceptors (Lipinski definition) is 6. The number of benzene rings is 2. The van der Waals surface area contributed by atoms with Gasteiger partial charge in [-0.3, -0.25) is 14.8 Å². The Hall–Kier alpha value is -3.72. The lowest BCUT2D eigenvalue weighted by atomic mass is 10.1. The van der Waals surface area contributed by atoms with Crippen LogP contribution in [0.4, 0.5) is 16.0 Å². The van der Waals surface area contributed by atoms with Gasteiger partial charge in [-0.15, -0.1) is 0 Å². The molecule has 0 atom stereocenters. The van der Waals surface area contributed by atoms with Crippen molar-refractivity contribution in [3.63, 3.8) is 0 Å². The lowest BCUT2D eigenvalue weighted by molar-refractivity contribution is 0.247. The summed E-state index contributed by atoms with van der Waals surface area (Å²) in [6.07, 6.45) is 1.01. The van der Waals surface area contributed by atoms with Crippen molar-refractivity contribution in [3.05, 3.63) is 87.6 Å². The van der Waals surface area contributed by atoms with E-state index in [4.69, 9.17) is 0 Å². The van der Waals surface area contributed by atoms with Gasteiger partial charge in [0.05, 0.1) is 5.69 Å². The molecule has 1 saturated heterocycles. The number of fused-ring (bicyclic) bond motifs is 1. The van der Waals surface area contributed by atoms with Gasteiger partial charge < -0.3 is 10.2 Å². The third-order valence-electron chi connectivity index (χ3n) is 6.22. The van der Waals surface area contributed by atoms with Crippen LogP contribution in [0.3, 0.4) is 0 Å². The molecule has 2 aromatic carbocycles. The molecule has 9 heteroatoms. The van der Waals surface area contributed by atoms with Gasteiger partial charge in [0.15, 0.2) is 0 Å². The van der Waals surface area contributed by atoms with Crippen LogP contribution >= 0.6 is 0 Å². The maximum absolute atomic E-state index is 13.2. The van der Waals surface area contributed by atoms with Crippen LogP contribution in [0.15, 0.2) is 59.4 Å². The van der Waals surface area contributed by atoms with Gasteiger partial charge in [-0.2, -0.15) is 9.50 Å². The highest BCUT2D eigenvalue weighted by Crippen LogP contribution is 2.17. The normalized spacial score (nSPS) is 14.6. The molecule has 0 radical (unpaired) electrons. The standard InChI is InChI=1S/C25H28FN7O/c1-2-18-3-5-19(6-4-18)16-27-24-29-25-28-21(15-23(34)33(25)30-24)17-31-11-13-32(14-12-31)22-9-7-20(26)8-10-22/h3-10,15H,2,11-14,16-17H2,1H3,(H2,27,28,29,30). The molecule has 0 unspecified atom stereocenters. The molecule has 2 aromatic heterocycles. The molecular weight excluding hydrogens is 433 g/mol. The summed E-state index contributed by atoms with van der Waals surface area (Å²) in [5.74, 6) is 0.642. The Morgan fingerprint density at radius 1 is 0.971 bits per heavy atom. The van der Waals surface area contributed by atoms with Crippen LogP contribution in [0.5, 0.6) is 0 Å². The molecule has 0 aliphatic carbocycles. The van der Waals surface area contributed by atoms with Gasteiger partial charge >= 0.3 is 0 Å². The molecule has 8 nitrogen and oxygen atoms in total. The Bertz CT molecular complexity index is 1310. The average molecular weight is 462 g/mol. The van der Waals surface area contributed by atoms with E-state index in [1.54, 1.807) is 6.07 Å². The SMILES string of the molecule is CCc1ccc(CNc2nc3nc(CN4CCN(c5ccc(F)cc5)CC4)cc(=O)n3[nH]2)cc1. The molecule has 1 aliphatic heterocycles. The molecule has 0 bridgehead atoms. The van der Waals surface area contributed by atoms with Crippen molar-refractivity contribution in [2.75, 3.05) is 36.4 Å². The second-order valence-electron chi connectivity index (χ2n) is 8.56. The minimum absolute atomic E-state index is 0.183. The number of H-pyrrole nitrogens is 1. The largest absolute Gasteiger partial charge is 0.369 e. The fourth-order valence-corrected chi connectivity index (χ4v) is 4.21. The first-order chi connectivity index (χ1) is 16.6. The molecule has 0 amide bonds. The summed E-state index contributed by atoms with van der Waals surface area (Å²) in [5.41, 5.74) is 3.98. The lowest BCUT2D eigenvalue weighted by Crippen LogP contribution is -2.46. The molecule has 2 N–H and O–H groups in total. The second kappa shape index (κ2) is 9.64. The van der Waals surface area contributed by atoms with Gasteiger partial charge in [-0.25, -0.2) is 9.37 Å². The Morgan fingerprint density at radius 3 is 2.38 bits per heavy atom. The second-order valence-corrected chi connectivity index (χ2v) is 8.56. The predicted octanol–water partition coefficient (Wildman–Crippen LogP) is 3.05. The van der Waals surface area contributed by atoms with E-state index in [1.807, 2.05) is 12.1 Å². The summed E-state index contributed by atoms with van der Waals surface area (Å²) in [7, 11) is 0. The maximum atomic E-state index is 13.2. The van der Waals surface area contributed by atoms with E-state index in [9.17, 15) is 9.18 Å². The molecule has 1 aliphatic rings. The fraction of sp³-hybridized carbons (Fsp3) is 0.320. The third-order valence-corrected chi connectivity index (χ3v) is 6.22. The van der Waals surface area contributed by atoms with E-state index in [1.165, 1.54) is 22.2 Å². The highest BCUT2D eigenvalue weighted by Gasteiger charge is 2.19. The van der Waals surface area contributed by atoms with E-state index < -0.39 is 0 Å². The van der Waals surface area contributed by atoms with E-state index in [2.05, 4.69) is 61.4 Å². The van der Waals surface area contributed by atoms with Gasteiger partial charge in [-0.05, 0) is 41.8 Å². The van der Waals surface area contributed by atoms with Crippen LogP contribution in [-0.4, -0.2) is 50.7 Å². The number of rotatable bonds is 7.